The Kier molecular flexibility index (Phi) is 39.2. The summed E-state index contributed by atoms with van der Waals surface area (Å²) in [7, 11) is -4.43. The zero-order valence-electron chi connectivity index (χ0n) is 35.2. The SMILES string of the molecule is CCCCC/C=C\C/C=C\C/C=C\C=C\[C@H](O)CCCC(=O)O[C@H](COC(=O)CCCCCCCCC/C=C\CCCCCCCC)COP(=O)(O)OCCN. The molecule has 0 aliphatic carbocycles. The highest BCUT2D eigenvalue weighted by atomic mass is 31.2. The van der Waals surface area contributed by atoms with Crippen molar-refractivity contribution in [2.24, 2.45) is 5.73 Å². The van der Waals surface area contributed by atoms with Gasteiger partial charge in [-0.3, -0.25) is 18.6 Å². The molecule has 1 unspecified atom stereocenters. The van der Waals surface area contributed by atoms with Crippen LogP contribution >= 0.6 is 7.82 Å². The van der Waals surface area contributed by atoms with E-state index in [1.54, 1.807) is 12.2 Å². The zero-order chi connectivity index (χ0) is 41.2. The van der Waals surface area contributed by atoms with Crippen LogP contribution in [0.25, 0.3) is 0 Å². The Labute approximate surface area is 341 Å². The number of rotatable bonds is 40. The number of hydrogen-bond donors (Lipinski definition) is 3. The summed E-state index contributed by atoms with van der Waals surface area (Å²) in [6.45, 7) is 3.46. The number of aliphatic hydroxyl groups excluding tert-OH is 1. The number of esters is 2. The number of allylic oxidation sites excluding steroid dienone is 9. The van der Waals surface area contributed by atoms with Crippen molar-refractivity contribution in [1.82, 2.24) is 0 Å². The number of hydrogen-bond acceptors (Lipinski definition) is 9. The molecule has 0 bridgehead atoms. The molecule has 56 heavy (non-hydrogen) atoms. The molecule has 0 saturated carbocycles. The van der Waals surface area contributed by atoms with Crippen molar-refractivity contribution >= 4 is 19.8 Å². The first-order valence-corrected chi connectivity index (χ1v) is 23.4. The predicted octanol–water partition coefficient (Wildman–Crippen LogP) is 11.5. The molecule has 0 heterocycles. The van der Waals surface area contributed by atoms with Crippen molar-refractivity contribution in [2.45, 2.75) is 187 Å². The average Bonchev–Trinajstić information content (AvgIpc) is 3.18. The third-order valence-corrected chi connectivity index (χ3v) is 9.96. The van der Waals surface area contributed by atoms with Crippen LogP contribution in [0.5, 0.6) is 0 Å². The van der Waals surface area contributed by atoms with Gasteiger partial charge < -0.3 is 25.2 Å². The summed E-state index contributed by atoms with van der Waals surface area (Å²) in [4.78, 5) is 34.9. The molecule has 10 nitrogen and oxygen atoms in total. The van der Waals surface area contributed by atoms with Crippen LogP contribution in [-0.2, 0) is 32.7 Å². The van der Waals surface area contributed by atoms with Gasteiger partial charge in [-0.1, -0.05) is 152 Å². The summed E-state index contributed by atoms with van der Waals surface area (Å²) in [6, 6.07) is 0. The summed E-state index contributed by atoms with van der Waals surface area (Å²) >= 11 is 0. The number of carbonyl (C=O) groups is 2. The van der Waals surface area contributed by atoms with E-state index in [4.69, 9.17) is 24.3 Å². The first-order valence-electron chi connectivity index (χ1n) is 21.9. The molecule has 4 N–H and O–H groups in total. The second kappa shape index (κ2) is 40.9. The standard InChI is InChI=1S/C45H80NO9P/c1-3-5-7-9-11-13-15-17-18-19-20-22-24-26-28-30-32-36-44(48)52-40-43(41-54-56(50,51)53-39-38-46)55-45(49)37-33-35-42(47)34-31-29-27-25-23-21-16-14-12-10-8-6-4-2/h12,14,17-18,21,23,27,29,31,34,42-43,47H,3-11,13,15-16,19-20,22,24-26,28,30,32-33,35-41,46H2,1-2H3,(H,50,51)/b14-12-,18-17-,23-21-,29-27-,34-31+/t42-,43+/m0/s1. The molecular weight excluding hydrogens is 729 g/mol. The van der Waals surface area contributed by atoms with Crippen LogP contribution in [0.3, 0.4) is 0 Å². The molecule has 0 fully saturated rings. The summed E-state index contributed by atoms with van der Waals surface area (Å²) in [5.74, 6) is -1.04. The van der Waals surface area contributed by atoms with Crippen molar-refractivity contribution in [3.8, 4) is 0 Å². The van der Waals surface area contributed by atoms with Gasteiger partial charge in [-0.2, -0.15) is 0 Å². The van der Waals surface area contributed by atoms with E-state index in [1.807, 2.05) is 12.2 Å². The molecule has 324 valence electrons. The number of ether oxygens (including phenoxy) is 2. The lowest BCUT2D eigenvalue weighted by Gasteiger charge is -2.20. The molecule has 11 heteroatoms. The maximum atomic E-state index is 12.6. The van der Waals surface area contributed by atoms with Gasteiger partial charge in [0.1, 0.15) is 6.61 Å². The van der Waals surface area contributed by atoms with Crippen LogP contribution < -0.4 is 5.73 Å². The fourth-order valence-electron chi connectivity index (χ4n) is 5.67. The Morgan fingerprint density at radius 3 is 1.79 bits per heavy atom. The van der Waals surface area contributed by atoms with Gasteiger partial charge in [0.25, 0.3) is 0 Å². The largest absolute Gasteiger partial charge is 0.472 e. The third-order valence-electron chi connectivity index (χ3n) is 8.98. The fraction of sp³-hybridized carbons (Fsp3) is 0.733. The lowest BCUT2D eigenvalue weighted by molar-refractivity contribution is -0.161. The van der Waals surface area contributed by atoms with Gasteiger partial charge in [-0.25, -0.2) is 4.57 Å². The zero-order valence-corrected chi connectivity index (χ0v) is 36.1. The van der Waals surface area contributed by atoms with E-state index in [-0.39, 0.29) is 32.6 Å². The minimum Gasteiger partial charge on any atom is -0.462 e. The van der Waals surface area contributed by atoms with E-state index in [1.165, 1.54) is 83.5 Å². The molecule has 0 aromatic heterocycles. The quantitative estimate of drug-likeness (QED) is 0.0179. The normalized spacial score (nSPS) is 14.4. The monoisotopic (exact) mass is 810 g/mol. The molecule has 0 spiro atoms. The third kappa shape index (κ3) is 39.9. The van der Waals surface area contributed by atoms with Crippen molar-refractivity contribution in [1.29, 1.82) is 0 Å². The lowest BCUT2D eigenvalue weighted by Crippen LogP contribution is -2.29. The van der Waals surface area contributed by atoms with Crippen molar-refractivity contribution in [3.63, 3.8) is 0 Å². The average molecular weight is 810 g/mol. The maximum Gasteiger partial charge on any atom is 0.472 e. The molecule has 0 aliphatic rings. The maximum absolute atomic E-state index is 12.6. The van der Waals surface area contributed by atoms with Gasteiger partial charge in [-0.15, -0.1) is 0 Å². The molecule has 0 rings (SSSR count). The lowest BCUT2D eigenvalue weighted by atomic mass is 10.1. The summed E-state index contributed by atoms with van der Waals surface area (Å²) in [6.07, 6.45) is 44.2. The van der Waals surface area contributed by atoms with Crippen LogP contribution in [0.4, 0.5) is 0 Å². The van der Waals surface area contributed by atoms with Gasteiger partial charge in [0.15, 0.2) is 6.10 Å². The van der Waals surface area contributed by atoms with Crippen LogP contribution in [0.15, 0.2) is 60.8 Å². The molecule has 0 aliphatic heterocycles. The summed E-state index contributed by atoms with van der Waals surface area (Å²) in [5.41, 5.74) is 5.33. The van der Waals surface area contributed by atoms with Gasteiger partial charge in [0, 0.05) is 19.4 Å². The molecule has 0 saturated heterocycles. The van der Waals surface area contributed by atoms with Gasteiger partial charge >= 0.3 is 19.8 Å². The number of carbonyl (C=O) groups excluding carboxylic acids is 2. The highest BCUT2D eigenvalue weighted by molar-refractivity contribution is 7.47. The molecule has 0 radical (unpaired) electrons. The minimum atomic E-state index is -4.43. The Hall–Kier alpha value is -2.33. The van der Waals surface area contributed by atoms with E-state index < -0.39 is 38.6 Å². The summed E-state index contributed by atoms with van der Waals surface area (Å²) < 4.78 is 32.6. The van der Waals surface area contributed by atoms with E-state index in [0.29, 0.717) is 19.3 Å². The topological polar surface area (TPSA) is 155 Å². The second-order valence-electron chi connectivity index (χ2n) is 14.4. The fourth-order valence-corrected chi connectivity index (χ4v) is 6.44. The van der Waals surface area contributed by atoms with Gasteiger partial charge in [0.05, 0.1) is 19.3 Å². The molecule has 3 atom stereocenters. The van der Waals surface area contributed by atoms with E-state index in [2.05, 4.69) is 50.3 Å². The number of phosphoric acid groups is 1. The number of nitrogens with two attached hydrogens (primary N) is 1. The second-order valence-corrected chi connectivity index (χ2v) is 15.9. The Bertz CT molecular complexity index is 1120. The van der Waals surface area contributed by atoms with Crippen LogP contribution in [0.2, 0.25) is 0 Å². The summed E-state index contributed by atoms with van der Waals surface area (Å²) in [5, 5.41) is 10.3. The van der Waals surface area contributed by atoms with Crippen molar-refractivity contribution < 1.29 is 42.7 Å². The van der Waals surface area contributed by atoms with Crippen LogP contribution in [0, 0.1) is 0 Å². The van der Waals surface area contributed by atoms with E-state index >= 15 is 0 Å². The highest BCUT2D eigenvalue weighted by Gasteiger charge is 2.26. The van der Waals surface area contributed by atoms with E-state index in [9.17, 15) is 24.2 Å². The smallest absolute Gasteiger partial charge is 0.462 e. The molecule has 0 aromatic carbocycles. The Morgan fingerprint density at radius 1 is 0.625 bits per heavy atom. The van der Waals surface area contributed by atoms with Gasteiger partial charge in [0.2, 0.25) is 0 Å². The van der Waals surface area contributed by atoms with Crippen molar-refractivity contribution in [2.75, 3.05) is 26.4 Å². The van der Waals surface area contributed by atoms with Crippen LogP contribution in [-0.4, -0.2) is 60.5 Å². The Morgan fingerprint density at radius 2 is 1.14 bits per heavy atom. The first kappa shape index (κ1) is 53.7. The molecular formula is C45H80NO9P. The number of unbranched alkanes of at least 4 members (excludes halogenated alkanes) is 16. The van der Waals surface area contributed by atoms with Crippen molar-refractivity contribution in [3.05, 3.63) is 60.8 Å². The first-order chi connectivity index (χ1) is 27.2. The highest BCUT2D eigenvalue weighted by Crippen LogP contribution is 2.43. The Balaban J connectivity index is 4.36. The number of phosphoric ester groups is 1. The minimum absolute atomic E-state index is 0.000551. The van der Waals surface area contributed by atoms with E-state index in [0.717, 1.165) is 44.9 Å². The van der Waals surface area contributed by atoms with Gasteiger partial charge in [-0.05, 0) is 70.6 Å². The van der Waals surface area contributed by atoms with Crippen LogP contribution in [0.1, 0.15) is 174 Å². The number of aliphatic hydroxyl groups is 1. The predicted molar refractivity (Wildman–Crippen MR) is 230 cm³/mol. The molecule has 0 aromatic rings. The molecule has 0 amide bonds.